The molecule has 7 nitrogen and oxygen atoms in total. The third-order valence-electron chi connectivity index (χ3n) is 5.33. The molecule has 1 atom stereocenters. The fourth-order valence-electron chi connectivity index (χ4n) is 3.91. The number of hydrogen-bond acceptors (Lipinski definition) is 4. The zero-order valence-corrected chi connectivity index (χ0v) is 15.1. The van der Waals surface area contributed by atoms with Crippen molar-refractivity contribution in [3.63, 3.8) is 0 Å². The highest BCUT2D eigenvalue weighted by atomic mass is 16.6. The summed E-state index contributed by atoms with van der Waals surface area (Å²) in [6.07, 6.45) is 1.86. The molecule has 0 N–H and O–H groups in total. The first-order chi connectivity index (χ1) is 13.0. The van der Waals surface area contributed by atoms with Crippen LogP contribution in [-0.2, 0) is 18.2 Å². The van der Waals surface area contributed by atoms with Crippen LogP contribution in [0.15, 0.2) is 53.5 Å². The van der Waals surface area contributed by atoms with Crippen molar-refractivity contribution in [3.8, 4) is 0 Å². The first-order valence-corrected chi connectivity index (χ1v) is 8.93. The molecular formula is C20H21N3O4. The predicted octanol–water partition coefficient (Wildman–Crippen LogP) is 1.27. The molecule has 0 saturated carbocycles. The number of cyclic esters (lactones) is 1. The molecule has 2 fully saturated rings. The molecule has 2 amide bonds. The van der Waals surface area contributed by atoms with Gasteiger partial charge >= 0.3 is 6.09 Å². The summed E-state index contributed by atoms with van der Waals surface area (Å²) in [5, 5.41) is 0. The Kier molecular flexibility index (Phi) is 4.22. The second kappa shape index (κ2) is 6.57. The first-order valence-electron chi connectivity index (χ1n) is 8.93. The van der Waals surface area contributed by atoms with E-state index in [-0.39, 0.29) is 24.2 Å². The monoisotopic (exact) mass is 367 g/mol. The molecular weight excluding hydrogens is 346 g/mol. The molecule has 2 aliphatic rings. The van der Waals surface area contributed by atoms with Gasteiger partial charge < -0.3 is 14.2 Å². The number of ether oxygens (including phenoxy) is 1. The molecule has 0 spiro atoms. The van der Waals surface area contributed by atoms with Crippen LogP contribution in [0.2, 0.25) is 0 Å². The molecule has 3 heterocycles. The van der Waals surface area contributed by atoms with Gasteiger partial charge in [-0.05, 0) is 11.6 Å². The summed E-state index contributed by atoms with van der Waals surface area (Å²) >= 11 is 0. The van der Waals surface area contributed by atoms with Gasteiger partial charge in [-0.1, -0.05) is 30.3 Å². The van der Waals surface area contributed by atoms with Crippen LogP contribution < -0.4 is 5.56 Å². The molecule has 2 saturated heterocycles. The van der Waals surface area contributed by atoms with E-state index in [2.05, 4.69) is 0 Å². The van der Waals surface area contributed by atoms with E-state index in [0.717, 1.165) is 5.56 Å². The van der Waals surface area contributed by atoms with Crippen LogP contribution in [-0.4, -0.2) is 58.1 Å². The molecule has 7 heteroatoms. The second-order valence-corrected chi connectivity index (χ2v) is 7.19. The van der Waals surface area contributed by atoms with Crippen molar-refractivity contribution in [1.29, 1.82) is 0 Å². The SMILES string of the molecule is Cn1cc(C(=O)N2CCN3C(=O)OCC3(Cc3ccccc3)C2)ccc1=O. The number of rotatable bonds is 3. The average molecular weight is 367 g/mol. The van der Waals surface area contributed by atoms with Gasteiger partial charge in [-0.25, -0.2) is 4.79 Å². The number of fused-ring (bicyclic) bond motifs is 1. The summed E-state index contributed by atoms with van der Waals surface area (Å²) in [5.74, 6) is -0.142. The van der Waals surface area contributed by atoms with E-state index < -0.39 is 5.54 Å². The Morgan fingerprint density at radius 2 is 1.89 bits per heavy atom. The number of piperazine rings is 1. The topological polar surface area (TPSA) is 71.8 Å². The number of amides is 2. The third-order valence-corrected chi connectivity index (χ3v) is 5.33. The van der Waals surface area contributed by atoms with E-state index in [1.54, 1.807) is 29.1 Å². The molecule has 0 aliphatic carbocycles. The van der Waals surface area contributed by atoms with Crippen molar-refractivity contribution in [2.24, 2.45) is 7.05 Å². The summed E-state index contributed by atoms with van der Waals surface area (Å²) in [5.41, 5.74) is 0.835. The third kappa shape index (κ3) is 3.09. The summed E-state index contributed by atoms with van der Waals surface area (Å²) in [4.78, 5) is 40.3. The number of benzene rings is 1. The van der Waals surface area contributed by atoms with Crippen molar-refractivity contribution in [2.75, 3.05) is 26.2 Å². The number of pyridine rings is 1. The highest BCUT2D eigenvalue weighted by molar-refractivity contribution is 5.94. The van der Waals surface area contributed by atoms with Crippen LogP contribution in [0.4, 0.5) is 4.79 Å². The van der Waals surface area contributed by atoms with Gasteiger partial charge in [0.05, 0.1) is 5.56 Å². The Labute approximate surface area is 156 Å². The molecule has 2 aromatic rings. The van der Waals surface area contributed by atoms with Gasteiger partial charge in [0, 0.05) is 45.4 Å². The second-order valence-electron chi connectivity index (χ2n) is 7.19. The molecule has 27 heavy (non-hydrogen) atoms. The fraction of sp³-hybridized carbons (Fsp3) is 0.350. The Morgan fingerprint density at radius 3 is 2.63 bits per heavy atom. The molecule has 0 radical (unpaired) electrons. The highest BCUT2D eigenvalue weighted by Gasteiger charge is 2.51. The van der Waals surface area contributed by atoms with Gasteiger partial charge in [0.15, 0.2) is 0 Å². The number of aromatic nitrogens is 1. The van der Waals surface area contributed by atoms with E-state index in [1.807, 2.05) is 30.3 Å². The van der Waals surface area contributed by atoms with Gasteiger partial charge in [-0.15, -0.1) is 0 Å². The number of carbonyl (C=O) groups is 2. The lowest BCUT2D eigenvalue weighted by molar-refractivity contribution is 0.0375. The normalized spacial score (nSPS) is 21.7. The van der Waals surface area contributed by atoms with Crippen LogP contribution in [0.25, 0.3) is 0 Å². The van der Waals surface area contributed by atoms with Crippen molar-refractivity contribution >= 4 is 12.0 Å². The Morgan fingerprint density at radius 1 is 1.11 bits per heavy atom. The Bertz CT molecular complexity index is 940. The standard InChI is InChI=1S/C20H21N3O4/c1-21-12-16(7-8-17(21)24)18(25)22-9-10-23-19(26)27-14-20(23,13-22)11-15-5-3-2-4-6-15/h2-8,12H,9-11,13-14H2,1H3. The molecule has 1 aromatic carbocycles. The first kappa shape index (κ1) is 17.3. The zero-order valence-electron chi connectivity index (χ0n) is 15.1. The van der Waals surface area contributed by atoms with Gasteiger partial charge in [-0.2, -0.15) is 0 Å². The van der Waals surface area contributed by atoms with E-state index in [4.69, 9.17) is 4.74 Å². The van der Waals surface area contributed by atoms with E-state index >= 15 is 0 Å². The minimum absolute atomic E-state index is 0.142. The summed E-state index contributed by atoms with van der Waals surface area (Å²) in [6.45, 7) is 1.53. The maximum atomic E-state index is 13.0. The summed E-state index contributed by atoms with van der Waals surface area (Å²) in [6, 6.07) is 12.9. The van der Waals surface area contributed by atoms with Gasteiger partial charge in [-0.3, -0.25) is 14.5 Å². The number of hydrogen-bond donors (Lipinski definition) is 0. The number of nitrogens with zero attached hydrogens (tertiary/aromatic N) is 3. The van der Waals surface area contributed by atoms with Gasteiger partial charge in [0.2, 0.25) is 5.56 Å². The highest BCUT2D eigenvalue weighted by Crippen LogP contribution is 2.32. The van der Waals surface area contributed by atoms with Crippen LogP contribution in [0.5, 0.6) is 0 Å². The van der Waals surface area contributed by atoms with E-state index in [1.165, 1.54) is 10.6 Å². The molecule has 140 valence electrons. The lowest BCUT2D eigenvalue weighted by Crippen LogP contribution is -2.63. The number of carbonyl (C=O) groups excluding carboxylic acids is 2. The Balaban J connectivity index is 1.61. The number of aryl methyl sites for hydroxylation is 1. The molecule has 4 rings (SSSR count). The van der Waals surface area contributed by atoms with Crippen molar-refractivity contribution in [3.05, 3.63) is 70.1 Å². The smallest absolute Gasteiger partial charge is 0.410 e. The van der Waals surface area contributed by atoms with Gasteiger partial charge in [0.1, 0.15) is 12.1 Å². The quantitative estimate of drug-likeness (QED) is 0.819. The van der Waals surface area contributed by atoms with E-state index in [0.29, 0.717) is 31.6 Å². The molecule has 1 aromatic heterocycles. The largest absolute Gasteiger partial charge is 0.447 e. The van der Waals surface area contributed by atoms with Crippen molar-refractivity contribution < 1.29 is 14.3 Å². The fourth-order valence-corrected chi connectivity index (χ4v) is 3.91. The van der Waals surface area contributed by atoms with Gasteiger partial charge in [0.25, 0.3) is 5.91 Å². The van der Waals surface area contributed by atoms with Crippen LogP contribution in [0.1, 0.15) is 15.9 Å². The lowest BCUT2D eigenvalue weighted by Gasteiger charge is -2.44. The Hall–Kier alpha value is -3.09. The minimum Gasteiger partial charge on any atom is -0.447 e. The zero-order chi connectivity index (χ0) is 19.0. The maximum Gasteiger partial charge on any atom is 0.410 e. The summed E-state index contributed by atoms with van der Waals surface area (Å²) < 4.78 is 6.74. The lowest BCUT2D eigenvalue weighted by atomic mass is 9.88. The van der Waals surface area contributed by atoms with Crippen molar-refractivity contribution in [2.45, 2.75) is 12.0 Å². The summed E-state index contributed by atoms with van der Waals surface area (Å²) in [7, 11) is 1.62. The molecule has 2 aliphatic heterocycles. The molecule has 0 bridgehead atoms. The van der Waals surface area contributed by atoms with Crippen molar-refractivity contribution in [1.82, 2.24) is 14.4 Å². The van der Waals surface area contributed by atoms with Crippen LogP contribution in [0.3, 0.4) is 0 Å². The predicted molar refractivity (Wildman–Crippen MR) is 98.5 cm³/mol. The average Bonchev–Trinajstić information content (AvgIpc) is 3.00. The van der Waals surface area contributed by atoms with E-state index in [9.17, 15) is 14.4 Å². The molecule has 1 unspecified atom stereocenters. The minimum atomic E-state index is -0.562. The maximum absolute atomic E-state index is 13.0. The van der Waals surface area contributed by atoms with Crippen LogP contribution >= 0.6 is 0 Å². The van der Waals surface area contributed by atoms with Crippen LogP contribution in [0, 0.1) is 0 Å².